The van der Waals surface area contributed by atoms with E-state index in [9.17, 15) is 18.0 Å². The second kappa shape index (κ2) is 3.91. The lowest BCUT2D eigenvalue weighted by atomic mass is 9.84. The Morgan fingerprint density at radius 3 is 2.44 bits per heavy atom. The van der Waals surface area contributed by atoms with Gasteiger partial charge in [-0.2, -0.15) is 13.2 Å². The summed E-state index contributed by atoms with van der Waals surface area (Å²) in [6.45, 7) is -1.26. The van der Waals surface area contributed by atoms with Gasteiger partial charge in [-0.15, -0.1) is 0 Å². The predicted molar refractivity (Wildman–Crippen MR) is 51.4 cm³/mol. The summed E-state index contributed by atoms with van der Waals surface area (Å²) in [6, 6.07) is -0.257. The lowest BCUT2D eigenvalue weighted by molar-refractivity contribution is -0.142. The molecule has 3 N–H and O–H groups in total. The van der Waals surface area contributed by atoms with Crippen molar-refractivity contribution in [1.29, 1.82) is 0 Å². The van der Waals surface area contributed by atoms with E-state index in [0.717, 1.165) is 19.3 Å². The van der Waals surface area contributed by atoms with Crippen molar-refractivity contribution in [3.63, 3.8) is 0 Å². The molecule has 0 spiro atoms. The van der Waals surface area contributed by atoms with Crippen LogP contribution in [-0.4, -0.2) is 24.7 Å². The lowest BCUT2D eigenvalue weighted by Crippen LogP contribution is -2.47. The third-order valence-electron chi connectivity index (χ3n) is 3.75. The van der Waals surface area contributed by atoms with Gasteiger partial charge in [0.15, 0.2) is 0 Å². The Hall–Kier alpha value is -0.780. The van der Waals surface area contributed by atoms with E-state index in [0.29, 0.717) is 5.92 Å². The first-order valence-electron chi connectivity index (χ1n) is 5.48. The molecule has 3 nitrogen and oxygen atoms in total. The number of alkyl halides is 3. The van der Waals surface area contributed by atoms with Gasteiger partial charge in [0.25, 0.3) is 0 Å². The molecule has 16 heavy (non-hydrogen) atoms. The van der Waals surface area contributed by atoms with Crippen LogP contribution in [0.15, 0.2) is 0 Å². The summed E-state index contributed by atoms with van der Waals surface area (Å²) < 4.78 is 35.8. The van der Waals surface area contributed by atoms with Crippen molar-refractivity contribution in [2.45, 2.75) is 31.5 Å². The van der Waals surface area contributed by atoms with Crippen molar-refractivity contribution in [1.82, 2.24) is 5.32 Å². The minimum atomic E-state index is -4.35. The van der Waals surface area contributed by atoms with Crippen LogP contribution < -0.4 is 11.1 Å². The molecule has 2 bridgehead atoms. The van der Waals surface area contributed by atoms with Crippen molar-refractivity contribution in [2.24, 2.45) is 23.5 Å². The molecule has 2 rings (SSSR count). The number of amides is 1. The topological polar surface area (TPSA) is 55.1 Å². The molecular weight excluding hydrogens is 221 g/mol. The van der Waals surface area contributed by atoms with Crippen molar-refractivity contribution >= 4 is 5.91 Å². The summed E-state index contributed by atoms with van der Waals surface area (Å²) in [4.78, 5) is 11.6. The van der Waals surface area contributed by atoms with Gasteiger partial charge in [0.2, 0.25) is 5.91 Å². The van der Waals surface area contributed by atoms with E-state index in [1.807, 2.05) is 5.32 Å². The zero-order chi connectivity index (χ0) is 11.9. The highest BCUT2D eigenvalue weighted by atomic mass is 19.4. The van der Waals surface area contributed by atoms with E-state index in [1.54, 1.807) is 0 Å². The maximum absolute atomic E-state index is 11.9. The number of carbonyl (C=O) groups excluding carboxylic acids is 1. The largest absolute Gasteiger partial charge is 0.405 e. The highest BCUT2D eigenvalue weighted by Gasteiger charge is 2.49. The van der Waals surface area contributed by atoms with Gasteiger partial charge in [-0.3, -0.25) is 4.79 Å². The van der Waals surface area contributed by atoms with Crippen LogP contribution in [0.1, 0.15) is 19.3 Å². The number of halogens is 3. The number of hydrogen-bond acceptors (Lipinski definition) is 2. The first-order valence-corrected chi connectivity index (χ1v) is 5.48. The standard InChI is InChI=1S/C10H15F3N2O/c11-10(12,13)4-15-9(16)7-5-1-2-6(3-5)8(7)14/h5-8H,1-4,14H2,(H,15,16). The molecule has 0 radical (unpaired) electrons. The molecule has 0 aromatic rings. The normalized spacial score (nSPS) is 37.8. The van der Waals surface area contributed by atoms with Gasteiger partial charge in [-0.1, -0.05) is 0 Å². The maximum atomic E-state index is 11.9. The highest BCUT2D eigenvalue weighted by Crippen LogP contribution is 2.47. The molecule has 0 aromatic carbocycles. The second-order valence-electron chi connectivity index (χ2n) is 4.77. The Kier molecular flexibility index (Phi) is 2.86. The van der Waals surface area contributed by atoms with E-state index in [4.69, 9.17) is 5.73 Å². The average molecular weight is 236 g/mol. The molecule has 4 atom stereocenters. The maximum Gasteiger partial charge on any atom is 0.405 e. The summed E-state index contributed by atoms with van der Waals surface area (Å²) in [5.74, 6) is -0.432. The number of nitrogens with one attached hydrogen (secondary N) is 1. The minimum Gasteiger partial charge on any atom is -0.347 e. The molecule has 0 heterocycles. The third kappa shape index (κ3) is 2.16. The van der Waals surface area contributed by atoms with Crippen LogP contribution in [0.4, 0.5) is 13.2 Å². The summed E-state index contributed by atoms with van der Waals surface area (Å²) in [7, 11) is 0. The van der Waals surface area contributed by atoms with Crippen LogP contribution in [-0.2, 0) is 4.79 Å². The SMILES string of the molecule is NC1C2CCC(C2)C1C(=O)NCC(F)(F)F. The second-order valence-corrected chi connectivity index (χ2v) is 4.77. The molecule has 4 unspecified atom stereocenters. The number of nitrogens with two attached hydrogens (primary N) is 1. The Labute approximate surface area is 91.6 Å². The number of fused-ring (bicyclic) bond motifs is 2. The fourth-order valence-corrected chi connectivity index (χ4v) is 3.03. The highest BCUT2D eigenvalue weighted by molar-refractivity contribution is 5.80. The van der Waals surface area contributed by atoms with E-state index in [2.05, 4.69) is 0 Å². The molecule has 2 aliphatic carbocycles. The van der Waals surface area contributed by atoms with Gasteiger partial charge in [0.05, 0.1) is 5.92 Å². The summed E-state index contributed by atoms with van der Waals surface area (Å²) >= 11 is 0. The van der Waals surface area contributed by atoms with Crippen LogP contribution in [0.25, 0.3) is 0 Å². The first-order chi connectivity index (χ1) is 7.38. The Balaban J connectivity index is 1.91. The first kappa shape index (κ1) is 11.7. The number of carbonyl (C=O) groups is 1. The molecular formula is C10H15F3N2O. The Morgan fingerprint density at radius 1 is 1.31 bits per heavy atom. The van der Waals surface area contributed by atoms with Gasteiger partial charge in [-0.05, 0) is 31.1 Å². The third-order valence-corrected chi connectivity index (χ3v) is 3.75. The van der Waals surface area contributed by atoms with Crippen LogP contribution >= 0.6 is 0 Å². The Morgan fingerprint density at radius 2 is 1.94 bits per heavy atom. The fourth-order valence-electron chi connectivity index (χ4n) is 3.03. The number of rotatable bonds is 2. The average Bonchev–Trinajstić information content (AvgIpc) is 2.73. The van der Waals surface area contributed by atoms with E-state index >= 15 is 0 Å². The van der Waals surface area contributed by atoms with Crippen LogP contribution in [0.2, 0.25) is 0 Å². The monoisotopic (exact) mass is 236 g/mol. The van der Waals surface area contributed by atoms with Gasteiger partial charge in [0.1, 0.15) is 6.54 Å². The van der Waals surface area contributed by atoms with Crippen molar-refractivity contribution in [3.8, 4) is 0 Å². The van der Waals surface area contributed by atoms with E-state index in [1.165, 1.54) is 0 Å². The zero-order valence-corrected chi connectivity index (χ0v) is 8.76. The van der Waals surface area contributed by atoms with Gasteiger partial charge in [0, 0.05) is 6.04 Å². The van der Waals surface area contributed by atoms with Crippen LogP contribution in [0.5, 0.6) is 0 Å². The van der Waals surface area contributed by atoms with Crippen molar-refractivity contribution < 1.29 is 18.0 Å². The van der Waals surface area contributed by atoms with Crippen LogP contribution in [0, 0.1) is 17.8 Å². The molecule has 6 heteroatoms. The molecule has 2 fully saturated rings. The van der Waals surface area contributed by atoms with Crippen molar-refractivity contribution in [3.05, 3.63) is 0 Å². The van der Waals surface area contributed by atoms with Crippen LogP contribution in [0.3, 0.4) is 0 Å². The smallest absolute Gasteiger partial charge is 0.347 e. The summed E-state index contributed by atoms with van der Waals surface area (Å²) in [5.41, 5.74) is 5.86. The molecule has 1 amide bonds. The Bertz CT molecular complexity index is 290. The van der Waals surface area contributed by atoms with Gasteiger partial charge in [-0.25, -0.2) is 0 Å². The molecule has 0 aliphatic heterocycles. The van der Waals surface area contributed by atoms with E-state index < -0.39 is 24.5 Å². The zero-order valence-electron chi connectivity index (χ0n) is 8.76. The molecule has 0 saturated heterocycles. The lowest BCUT2D eigenvalue weighted by Gasteiger charge is -2.27. The van der Waals surface area contributed by atoms with Crippen molar-refractivity contribution in [2.75, 3.05) is 6.54 Å². The number of hydrogen-bond donors (Lipinski definition) is 2. The fraction of sp³-hybridized carbons (Fsp3) is 0.900. The van der Waals surface area contributed by atoms with Gasteiger partial charge < -0.3 is 11.1 Å². The minimum absolute atomic E-state index is 0.188. The summed E-state index contributed by atoms with van der Waals surface area (Å²) in [6.07, 6.45) is -1.53. The molecule has 2 saturated carbocycles. The molecule has 2 aliphatic rings. The molecule has 0 aromatic heterocycles. The summed E-state index contributed by atoms with van der Waals surface area (Å²) in [5, 5.41) is 1.94. The van der Waals surface area contributed by atoms with Gasteiger partial charge >= 0.3 is 6.18 Å². The molecule has 92 valence electrons. The quantitative estimate of drug-likeness (QED) is 0.752. The predicted octanol–water partition coefficient (Wildman–Crippen LogP) is 1.04. The van der Waals surface area contributed by atoms with E-state index in [-0.39, 0.29) is 12.0 Å².